The van der Waals surface area contributed by atoms with Gasteiger partial charge in [-0.05, 0) is 67.1 Å². The molecule has 2 aliphatic rings. The van der Waals surface area contributed by atoms with Gasteiger partial charge in [-0.2, -0.15) is 13.2 Å². The van der Waals surface area contributed by atoms with E-state index in [0.717, 1.165) is 33.3 Å². The topological polar surface area (TPSA) is 57.4 Å². The highest BCUT2D eigenvalue weighted by molar-refractivity contribution is 5.94. The minimum atomic E-state index is -4.50. The van der Waals surface area contributed by atoms with E-state index in [9.17, 15) is 26.7 Å². The summed E-state index contributed by atoms with van der Waals surface area (Å²) in [5.74, 6) is -2.71. The zero-order valence-corrected chi connectivity index (χ0v) is 21.2. The highest BCUT2D eigenvalue weighted by atomic mass is 19.4. The standard InChI is InChI=1S/C28H30F5N3O2/c1-17-11-23(38-2)21(20-7-9-34-24(17)20)13-36-10-8-26(14-27(29,30)15-26)12-22(36)18-3-5-19(6-4-18)25(37)35-16-28(31,32)33/h3-7,9,11,22,34H,8,10,12-16H2,1-2H3,(H,35,37). The van der Waals surface area contributed by atoms with Crippen molar-refractivity contribution >= 4 is 16.8 Å². The van der Waals surface area contributed by atoms with E-state index < -0.39 is 30.0 Å². The number of piperidine rings is 1. The molecule has 2 fully saturated rings. The Balaban J connectivity index is 1.43. The maximum atomic E-state index is 14.0. The van der Waals surface area contributed by atoms with E-state index in [1.165, 1.54) is 12.1 Å². The summed E-state index contributed by atoms with van der Waals surface area (Å²) in [6, 6.07) is 10.2. The molecule has 1 unspecified atom stereocenters. The summed E-state index contributed by atoms with van der Waals surface area (Å²) in [5, 5.41) is 2.91. The van der Waals surface area contributed by atoms with Gasteiger partial charge in [0, 0.05) is 53.7 Å². The van der Waals surface area contributed by atoms with Crippen LogP contribution in [0.5, 0.6) is 5.75 Å². The molecule has 204 valence electrons. The summed E-state index contributed by atoms with van der Waals surface area (Å²) in [5.41, 5.74) is 3.56. The average molecular weight is 536 g/mol. The molecule has 0 radical (unpaired) electrons. The third kappa shape index (κ3) is 5.23. The molecule has 2 N–H and O–H groups in total. The molecule has 1 aliphatic carbocycles. The molecule has 2 heterocycles. The number of nitrogens with one attached hydrogen (secondary N) is 2. The first-order valence-corrected chi connectivity index (χ1v) is 12.6. The third-order valence-electron chi connectivity index (χ3n) is 7.96. The number of aromatic amines is 1. The molecule has 1 atom stereocenters. The van der Waals surface area contributed by atoms with Crippen LogP contribution in [0, 0.1) is 12.3 Å². The van der Waals surface area contributed by atoms with Crippen LogP contribution in [0.4, 0.5) is 22.0 Å². The lowest BCUT2D eigenvalue weighted by Gasteiger charge is -2.54. The number of ether oxygens (including phenoxy) is 1. The molecule has 5 nitrogen and oxygen atoms in total. The fraction of sp³-hybridized carbons (Fsp3) is 0.464. The molecular weight excluding hydrogens is 505 g/mol. The lowest BCUT2D eigenvalue weighted by atomic mass is 9.59. The Bertz CT molecular complexity index is 1320. The van der Waals surface area contributed by atoms with Gasteiger partial charge < -0.3 is 15.0 Å². The quantitative estimate of drug-likeness (QED) is 0.353. The van der Waals surface area contributed by atoms with Crippen LogP contribution in [0.3, 0.4) is 0 Å². The Morgan fingerprint density at radius 3 is 2.53 bits per heavy atom. The number of nitrogens with zero attached hydrogens (tertiary/aromatic N) is 1. The minimum Gasteiger partial charge on any atom is -0.496 e. The zero-order valence-electron chi connectivity index (χ0n) is 21.2. The Kier molecular flexibility index (Phi) is 6.65. The highest BCUT2D eigenvalue weighted by Crippen LogP contribution is 2.60. The van der Waals surface area contributed by atoms with E-state index in [4.69, 9.17) is 4.74 Å². The van der Waals surface area contributed by atoms with Gasteiger partial charge >= 0.3 is 6.18 Å². The first-order chi connectivity index (χ1) is 17.9. The van der Waals surface area contributed by atoms with E-state index in [0.29, 0.717) is 25.9 Å². The van der Waals surface area contributed by atoms with Gasteiger partial charge in [0.25, 0.3) is 5.91 Å². The Hall–Kier alpha value is -3.14. The van der Waals surface area contributed by atoms with Crippen molar-refractivity contribution in [2.24, 2.45) is 5.41 Å². The summed E-state index contributed by atoms with van der Waals surface area (Å²) in [6.45, 7) is 1.73. The first kappa shape index (κ1) is 26.5. The second-order valence-corrected chi connectivity index (χ2v) is 10.7. The van der Waals surface area contributed by atoms with E-state index in [-0.39, 0.29) is 24.4 Å². The molecule has 1 saturated carbocycles. The van der Waals surface area contributed by atoms with Crippen molar-refractivity contribution in [3.05, 3.63) is 64.8 Å². The molecular formula is C28H30F5N3O2. The Labute approximate surface area is 217 Å². The summed E-state index contributed by atoms with van der Waals surface area (Å²) in [6.07, 6.45) is -1.72. The number of aromatic nitrogens is 1. The van der Waals surface area contributed by atoms with Gasteiger partial charge in [-0.15, -0.1) is 0 Å². The van der Waals surface area contributed by atoms with Crippen LogP contribution in [-0.4, -0.2) is 48.1 Å². The molecule has 1 aliphatic heterocycles. The number of carbonyl (C=O) groups is 1. The fourth-order valence-corrected chi connectivity index (χ4v) is 6.19. The van der Waals surface area contributed by atoms with Gasteiger partial charge in [-0.1, -0.05) is 12.1 Å². The van der Waals surface area contributed by atoms with Crippen molar-refractivity contribution in [2.45, 2.75) is 57.3 Å². The molecule has 38 heavy (non-hydrogen) atoms. The molecule has 1 spiro atoms. The molecule has 2 aromatic carbocycles. The number of aryl methyl sites for hydroxylation is 1. The van der Waals surface area contributed by atoms with Crippen LogP contribution in [0.1, 0.15) is 58.8 Å². The molecule has 3 aromatic rings. The fourth-order valence-electron chi connectivity index (χ4n) is 6.19. The lowest BCUT2D eigenvalue weighted by Crippen LogP contribution is -2.53. The number of rotatable bonds is 6. The first-order valence-electron chi connectivity index (χ1n) is 12.6. The van der Waals surface area contributed by atoms with Crippen LogP contribution in [0.15, 0.2) is 42.6 Å². The van der Waals surface area contributed by atoms with Crippen molar-refractivity contribution in [1.82, 2.24) is 15.2 Å². The van der Waals surface area contributed by atoms with Crippen molar-refractivity contribution in [3.8, 4) is 5.75 Å². The van der Waals surface area contributed by atoms with Gasteiger partial charge in [-0.3, -0.25) is 9.69 Å². The van der Waals surface area contributed by atoms with Crippen LogP contribution in [0.25, 0.3) is 10.9 Å². The summed E-state index contributed by atoms with van der Waals surface area (Å²) >= 11 is 0. The maximum Gasteiger partial charge on any atom is 0.405 e. The summed E-state index contributed by atoms with van der Waals surface area (Å²) in [4.78, 5) is 17.7. The lowest BCUT2D eigenvalue weighted by molar-refractivity contribution is -0.186. The van der Waals surface area contributed by atoms with E-state index >= 15 is 0 Å². The summed E-state index contributed by atoms with van der Waals surface area (Å²) in [7, 11) is 1.62. The molecule has 1 saturated heterocycles. The van der Waals surface area contributed by atoms with Crippen LogP contribution in [-0.2, 0) is 6.54 Å². The zero-order chi connectivity index (χ0) is 27.3. The smallest absolute Gasteiger partial charge is 0.405 e. The van der Waals surface area contributed by atoms with Gasteiger partial charge in [0.2, 0.25) is 5.92 Å². The predicted molar refractivity (Wildman–Crippen MR) is 133 cm³/mol. The normalized spacial score (nSPS) is 20.9. The molecule has 1 aromatic heterocycles. The number of carbonyl (C=O) groups excluding carboxylic acids is 1. The number of hydrogen-bond acceptors (Lipinski definition) is 3. The molecule has 10 heteroatoms. The largest absolute Gasteiger partial charge is 0.496 e. The number of methoxy groups -OCH3 is 1. The number of hydrogen-bond donors (Lipinski definition) is 2. The number of halogens is 5. The Morgan fingerprint density at radius 1 is 1.18 bits per heavy atom. The summed E-state index contributed by atoms with van der Waals surface area (Å²) < 4.78 is 71.1. The van der Waals surface area contributed by atoms with E-state index in [1.54, 1.807) is 19.2 Å². The second-order valence-electron chi connectivity index (χ2n) is 10.7. The van der Waals surface area contributed by atoms with Crippen LogP contribution in [0.2, 0.25) is 0 Å². The van der Waals surface area contributed by atoms with Gasteiger partial charge in [0.1, 0.15) is 12.3 Å². The van der Waals surface area contributed by atoms with E-state index in [1.807, 2.05) is 30.6 Å². The van der Waals surface area contributed by atoms with Crippen molar-refractivity contribution < 1.29 is 31.5 Å². The maximum absolute atomic E-state index is 14.0. The predicted octanol–water partition coefficient (Wildman–Crippen LogP) is 6.53. The molecule has 5 rings (SSSR count). The SMILES string of the molecule is COc1cc(C)c2[nH]ccc2c1CN1CCC2(CC1c1ccc(C(=O)NCC(F)(F)F)cc1)CC(F)(F)C2. The van der Waals surface area contributed by atoms with Gasteiger partial charge in [-0.25, -0.2) is 8.78 Å². The number of H-pyrrole nitrogens is 1. The molecule has 0 bridgehead atoms. The van der Waals surface area contributed by atoms with Crippen molar-refractivity contribution in [3.63, 3.8) is 0 Å². The molecule has 1 amide bonds. The van der Waals surface area contributed by atoms with Crippen LogP contribution >= 0.6 is 0 Å². The number of benzene rings is 2. The number of fused-ring (bicyclic) bond motifs is 1. The third-order valence-corrected chi connectivity index (χ3v) is 7.96. The van der Waals surface area contributed by atoms with Crippen molar-refractivity contribution in [1.29, 1.82) is 0 Å². The highest BCUT2D eigenvalue weighted by Gasteiger charge is 2.58. The van der Waals surface area contributed by atoms with Gasteiger partial charge in [0.15, 0.2) is 0 Å². The number of likely N-dealkylation sites (tertiary alicyclic amines) is 1. The second kappa shape index (κ2) is 9.55. The van der Waals surface area contributed by atoms with Crippen molar-refractivity contribution in [2.75, 3.05) is 20.2 Å². The number of alkyl halides is 5. The monoisotopic (exact) mass is 535 g/mol. The van der Waals surface area contributed by atoms with Gasteiger partial charge in [0.05, 0.1) is 7.11 Å². The van der Waals surface area contributed by atoms with Crippen LogP contribution < -0.4 is 10.1 Å². The van der Waals surface area contributed by atoms with E-state index in [2.05, 4.69) is 9.88 Å². The average Bonchev–Trinajstić information content (AvgIpc) is 3.34. The number of amides is 1. The minimum absolute atomic E-state index is 0.111. The Morgan fingerprint density at radius 2 is 1.89 bits per heavy atom.